The number of hydrogen-bond acceptors (Lipinski definition) is 4. The standard InChI is InChI=1S/C22H19N3O3/c23-13-15-6-10-18(11-7-15)25-20(26)12-19(22(25)28)24(21(27)17-8-9-17)14-16-4-2-1-3-5-16/h1-7,10-11,17,19H,8-9,12,14H2. The lowest BCUT2D eigenvalue weighted by Crippen LogP contribution is -2.45. The Morgan fingerprint density at radius 2 is 1.75 bits per heavy atom. The van der Waals surface area contributed by atoms with Gasteiger partial charge in [-0.15, -0.1) is 0 Å². The van der Waals surface area contributed by atoms with Crippen LogP contribution < -0.4 is 4.90 Å². The van der Waals surface area contributed by atoms with Gasteiger partial charge < -0.3 is 4.90 Å². The zero-order chi connectivity index (χ0) is 19.7. The number of imide groups is 1. The maximum absolute atomic E-state index is 13.1. The Morgan fingerprint density at radius 3 is 2.36 bits per heavy atom. The molecule has 2 fully saturated rings. The molecular weight excluding hydrogens is 354 g/mol. The van der Waals surface area contributed by atoms with E-state index in [-0.39, 0.29) is 30.1 Å². The first kappa shape index (κ1) is 17.9. The third-order valence-electron chi connectivity index (χ3n) is 5.16. The van der Waals surface area contributed by atoms with E-state index in [1.54, 1.807) is 29.2 Å². The zero-order valence-electron chi connectivity index (χ0n) is 15.2. The largest absolute Gasteiger partial charge is 0.326 e. The van der Waals surface area contributed by atoms with Gasteiger partial charge in [0.05, 0.1) is 23.7 Å². The SMILES string of the molecule is N#Cc1ccc(N2C(=O)CC(N(Cc3ccccc3)C(=O)C3CC3)C2=O)cc1. The first-order chi connectivity index (χ1) is 13.6. The van der Waals surface area contributed by atoms with E-state index in [0.717, 1.165) is 23.3 Å². The molecule has 0 radical (unpaired) electrons. The van der Waals surface area contributed by atoms with E-state index in [9.17, 15) is 14.4 Å². The van der Waals surface area contributed by atoms with Crippen LogP contribution in [0.5, 0.6) is 0 Å². The summed E-state index contributed by atoms with van der Waals surface area (Å²) in [6, 6.07) is 17.0. The molecule has 140 valence electrons. The highest BCUT2D eigenvalue weighted by Gasteiger charge is 2.46. The van der Waals surface area contributed by atoms with Gasteiger partial charge in [0.25, 0.3) is 5.91 Å². The predicted molar refractivity (Wildman–Crippen MR) is 102 cm³/mol. The van der Waals surface area contributed by atoms with Crippen LogP contribution in [0.2, 0.25) is 0 Å². The Hall–Kier alpha value is -3.46. The van der Waals surface area contributed by atoms with Gasteiger partial charge in [0.1, 0.15) is 6.04 Å². The fourth-order valence-electron chi connectivity index (χ4n) is 3.50. The summed E-state index contributed by atoms with van der Waals surface area (Å²) < 4.78 is 0. The molecule has 0 aromatic heterocycles. The van der Waals surface area contributed by atoms with Gasteiger partial charge in [-0.05, 0) is 42.7 Å². The molecule has 2 aromatic carbocycles. The van der Waals surface area contributed by atoms with Crippen molar-refractivity contribution < 1.29 is 14.4 Å². The molecule has 1 unspecified atom stereocenters. The van der Waals surface area contributed by atoms with Crippen molar-refractivity contribution in [2.24, 2.45) is 5.92 Å². The second-order valence-corrected chi connectivity index (χ2v) is 7.17. The molecule has 28 heavy (non-hydrogen) atoms. The zero-order valence-corrected chi connectivity index (χ0v) is 15.2. The first-order valence-electron chi connectivity index (χ1n) is 9.30. The van der Waals surface area contributed by atoms with E-state index < -0.39 is 6.04 Å². The van der Waals surface area contributed by atoms with Crippen molar-refractivity contribution in [2.75, 3.05) is 4.90 Å². The van der Waals surface area contributed by atoms with Crippen molar-refractivity contribution in [3.63, 3.8) is 0 Å². The van der Waals surface area contributed by atoms with Crippen LogP contribution in [0.25, 0.3) is 0 Å². The molecule has 6 nitrogen and oxygen atoms in total. The van der Waals surface area contributed by atoms with E-state index in [4.69, 9.17) is 5.26 Å². The summed E-state index contributed by atoms with van der Waals surface area (Å²) in [5.74, 6) is -0.826. The fraction of sp³-hybridized carbons (Fsp3) is 0.273. The Bertz CT molecular complexity index is 959. The van der Waals surface area contributed by atoms with Crippen LogP contribution in [-0.2, 0) is 20.9 Å². The average Bonchev–Trinajstić information content (AvgIpc) is 3.52. The van der Waals surface area contributed by atoms with Crippen LogP contribution in [0, 0.1) is 17.2 Å². The average molecular weight is 373 g/mol. The summed E-state index contributed by atoms with van der Waals surface area (Å²) in [6.45, 7) is 0.307. The van der Waals surface area contributed by atoms with E-state index in [1.165, 1.54) is 0 Å². The van der Waals surface area contributed by atoms with Crippen LogP contribution in [0.4, 0.5) is 5.69 Å². The lowest BCUT2D eigenvalue weighted by atomic mass is 10.1. The van der Waals surface area contributed by atoms with Crippen molar-refractivity contribution in [2.45, 2.75) is 31.8 Å². The van der Waals surface area contributed by atoms with Crippen LogP contribution in [-0.4, -0.2) is 28.7 Å². The normalized spacial score (nSPS) is 18.8. The molecule has 3 amide bonds. The molecule has 1 aliphatic carbocycles. The van der Waals surface area contributed by atoms with Gasteiger partial charge in [-0.3, -0.25) is 14.4 Å². The van der Waals surface area contributed by atoms with Crippen LogP contribution in [0.3, 0.4) is 0 Å². The van der Waals surface area contributed by atoms with Gasteiger partial charge in [0.2, 0.25) is 11.8 Å². The van der Waals surface area contributed by atoms with E-state index in [1.807, 2.05) is 36.4 Å². The van der Waals surface area contributed by atoms with E-state index in [2.05, 4.69) is 0 Å². The molecular formula is C22H19N3O3. The third-order valence-corrected chi connectivity index (χ3v) is 5.16. The molecule has 0 spiro atoms. The number of benzene rings is 2. The number of nitriles is 1. The maximum atomic E-state index is 13.1. The fourth-order valence-corrected chi connectivity index (χ4v) is 3.50. The summed E-state index contributed by atoms with van der Waals surface area (Å²) in [4.78, 5) is 41.3. The third kappa shape index (κ3) is 3.39. The number of hydrogen-bond donors (Lipinski definition) is 0. The van der Waals surface area contributed by atoms with Crippen LogP contribution in [0.1, 0.15) is 30.4 Å². The van der Waals surface area contributed by atoms with Crippen molar-refractivity contribution in [1.29, 1.82) is 5.26 Å². The molecule has 1 saturated heterocycles. The second kappa shape index (κ2) is 7.28. The van der Waals surface area contributed by atoms with Gasteiger partial charge in [0.15, 0.2) is 0 Å². The molecule has 1 aliphatic heterocycles. The van der Waals surface area contributed by atoms with Gasteiger partial charge in [-0.2, -0.15) is 5.26 Å². The molecule has 1 heterocycles. The lowest BCUT2D eigenvalue weighted by Gasteiger charge is -2.28. The molecule has 4 rings (SSSR count). The van der Waals surface area contributed by atoms with Crippen molar-refractivity contribution >= 4 is 23.4 Å². The number of nitrogens with zero attached hydrogens (tertiary/aromatic N) is 3. The van der Waals surface area contributed by atoms with Gasteiger partial charge in [0, 0.05) is 12.5 Å². The minimum atomic E-state index is -0.795. The van der Waals surface area contributed by atoms with Crippen LogP contribution >= 0.6 is 0 Å². The smallest absolute Gasteiger partial charge is 0.257 e. The predicted octanol–water partition coefficient (Wildman–Crippen LogP) is 2.63. The summed E-state index contributed by atoms with van der Waals surface area (Å²) in [5, 5.41) is 8.93. The van der Waals surface area contributed by atoms with Gasteiger partial charge in [-0.25, -0.2) is 4.90 Å². The number of amides is 3. The number of carbonyl (C=O) groups excluding carboxylic acids is 3. The second-order valence-electron chi connectivity index (χ2n) is 7.17. The molecule has 1 atom stereocenters. The maximum Gasteiger partial charge on any atom is 0.257 e. The quantitative estimate of drug-likeness (QED) is 0.755. The number of anilines is 1. The highest BCUT2D eigenvalue weighted by Crippen LogP contribution is 2.34. The number of carbonyl (C=O) groups is 3. The highest BCUT2D eigenvalue weighted by atomic mass is 16.2. The monoisotopic (exact) mass is 373 g/mol. The molecule has 0 bridgehead atoms. The van der Waals surface area contributed by atoms with Gasteiger partial charge >= 0.3 is 0 Å². The summed E-state index contributed by atoms with van der Waals surface area (Å²) in [5.41, 5.74) is 1.80. The molecule has 2 aromatic rings. The Kier molecular flexibility index (Phi) is 4.66. The summed E-state index contributed by atoms with van der Waals surface area (Å²) in [7, 11) is 0. The van der Waals surface area contributed by atoms with Crippen LogP contribution in [0.15, 0.2) is 54.6 Å². The van der Waals surface area contributed by atoms with Crippen molar-refractivity contribution in [3.8, 4) is 6.07 Å². The minimum Gasteiger partial charge on any atom is -0.326 e. The lowest BCUT2D eigenvalue weighted by molar-refractivity contribution is -0.140. The minimum absolute atomic E-state index is 0.0237. The Morgan fingerprint density at radius 1 is 1.07 bits per heavy atom. The Labute approximate surface area is 163 Å². The molecule has 0 N–H and O–H groups in total. The molecule has 2 aliphatic rings. The topological polar surface area (TPSA) is 81.5 Å². The Balaban J connectivity index is 1.61. The summed E-state index contributed by atoms with van der Waals surface area (Å²) >= 11 is 0. The van der Waals surface area contributed by atoms with Gasteiger partial charge in [-0.1, -0.05) is 30.3 Å². The molecule has 6 heteroatoms. The summed E-state index contributed by atoms with van der Waals surface area (Å²) in [6.07, 6.45) is 1.64. The van der Waals surface area contributed by atoms with E-state index in [0.29, 0.717) is 17.8 Å². The number of rotatable bonds is 5. The van der Waals surface area contributed by atoms with Crippen molar-refractivity contribution in [3.05, 3.63) is 65.7 Å². The molecule has 1 saturated carbocycles. The van der Waals surface area contributed by atoms with Crippen molar-refractivity contribution in [1.82, 2.24) is 4.90 Å². The van der Waals surface area contributed by atoms with E-state index >= 15 is 0 Å². The first-order valence-corrected chi connectivity index (χ1v) is 9.30. The highest BCUT2D eigenvalue weighted by molar-refractivity contribution is 6.23.